The van der Waals surface area contributed by atoms with Gasteiger partial charge in [-0.1, -0.05) is 40.0 Å². The van der Waals surface area contributed by atoms with Crippen LogP contribution in [0.3, 0.4) is 0 Å². The number of hydrogen-bond acceptors (Lipinski definition) is 3. The number of rotatable bonds is 8. The summed E-state index contributed by atoms with van der Waals surface area (Å²) < 4.78 is 5.14. The molecule has 0 aliphatic carbocycles. The fraction of sp³-hybridized carbons (Fsp3) is 0.588. The smallest absolute Gasteiger partial charge is 0.253 e. The van der Waals surface area contributed by atoms with Crippen LogP contribution in [0, 0.1) is 5.41 Å². The molecule has 0 aliphatic heterocycles. The minimum absolute atomic E-state index is 0.0957. The van der Waals surface area contributed by atoms with Crippen LogP contribution in [0.4, 0.5) is 5.69 Å². The quantitative estimate of drug-likeness (QED) is 0.568. The minimum atomic E-state index is -0.144. The Morgan fingerprint density at radius 1 is 1.33 bits per heavy atom. The molecule has 0 heterocycles. The van der Waals surface area contributed by atoms with E-state index in [4.69, 9.17) is 10.5 Å². The summed E-state index contributed by atoms with van der Waals surface area (Å²) in [6.45, 7) is 7.20. The highest BCUT2D eigenvalue weighted by Crippen LogP contribution is 2.24. The molecule has 0 unspecified atom stereocenters. The number of benzene rings is 1. The Kier molecular flexibility index (Phi) is 6.53. The zero-order valence-electron chi connectivity index (χ0n) is 13.7. The Morgan fingerprint density at radius 2 is 2.05 bits per heavy atom. The van der Waals surface area contributed by atoms with Crippen molar-refractivity contribution in [2.45, 2.75) is 46.5 Å². The number of unbranched alkanes of at least 4 members (excludes halogenated alkanes) is 2. The lowest BCUT2D eigenvalue weighted by Crippen LogP contribution is -2.34. The molecule has 1 rings (SSSR count). The van der Waals surface area contributed by atoms with Crippen LogP contribution in [0.15, 0.2) is 18.2 Å². The van der Waals surface area contributed by atoms with E-state index in [2.05, 4.69) is 26.1 Å². The average molecular weight is 292 g/mol. The summed E-state index contributed by atoms with van der Waals surface area (Å²) in [5.41, 5.74) is 6.90. The zero-order chi connectivity index (χ0) is 15.9. The fourth-order valence-corrected chi connectivity index (χ4v) is 2.22. The molecule has 0 bridgehead atoms. The molecule has 0 atom stereocenters. The van der Waals surface area contributed by atoms with Gasteiger partial charge in [-0.25, -0.2) is 0 Å². The number of carbonyl (C=O) groups is 1. The Hall–Kier alpha value is -1.71. The topological polar surface area (TPSA) is 64.3 Å². The second-order valence-electron chi connectivity index (χ2n) is 6.26. The van der Waals surface area contributed by atoms with E-state index in [1.54, 1.807) is 25.3 Å². The van der Waals surface area contributed by atoms with Gasteiger partial charge in [0.15, 0.2) is 0 Å². The molecule has 3 N–H and O–H groups in total. The maximum absolute atomic E-state index is 12.3. The maximum Gasteiger partial charge on any atom is 0.253 e. The standard InChI is InChI=1S/C17H28N2O2/c1-5-6-7-10-17(2,3)12-19-16(20)14-11-13(21-4)8-9-15(14)18/h8-9,11H,5-7,10,12,18H2,1-4H3,(H,19,20). The van der Waals surface area contributed by atoms with Crippen LogP contribution >= 0.6 is 0 Å². The first-order valence-electron chi connectivity index (χ1n) is 7.61. The third-order valence-electron chi connectivity index (χ3n) is 3.69. The number of amides is 1. The van der Waals surface area contributed by atoms with E-state index in [0.717, 1.165) is 6.42 Å². The van der Waals surface area contributed by atoms with E-state index in [9.17, 15) is 4.79 Å². The second kappa shape index (κ2) is 7.91. The van der Waals surface area contributed by atoms with Gasteiger partial charge in [-0.05, 0) is 30.0 Å². The van der Waals surface area contributed by atoms with Crippen LogP contribution in [-0.2, 0) is 0 Å². The maximum atomic E-state index is 12.3. The number of nitrogens with two attached hydrogens (primary N) is 1. The van der Waals surface area contributed by atoms with Gasteiger partial charge in [-0.3, -0.25) is 4.79 Å². The van der Waals surface area contributed by atoms with Crippen LogP contribution in [0.25, 0.3) is 0 Å². The summed E-state index contributed by atoms with van der Waals surface area (Å²) in [5.74, 6) is 0.492. The van der Waals surface area contributed by atoms with Gasteiger partial charge in [-0.2, -0.15) is 0 Å². The molecule has 0 aliphatic rings. The highest BCUT2D eigenvalue weighted by Gasteiger charge is 2.19. The van der Waals surface area contributed by atoms with E-state index in [1.165, 1.54) is 19.3 Å². The Morgan fingerprint density at radius 3 is 2.67 bits per heavy atom. The van der Waals surface area contributed by atoms with Crippen LogP contribution < -0.4 is 15.8 Å². The van der Waals surface area contributed by atoms with Crippen LogP contribution in [0.1, 0.15) is 56.8 Å². The van der Waals surface area contributed by atoms with Crippen molar-refractivity contribution in [1.82, 2.24) is 5.32 Å². The molecule has 0 fully saturated rings. The van der Waals surface area contributed by atoms with E-state index in [1.807, 2.05) is 0 Å². The highest BCUT2D eigenvalue weighted by atomic mass is 16.5. The number of nitrogens with one attached hydrogen (secondary N) is 1. The van der Waals surface area contributed by atoms with Crippen molar-refractivity contribution in [3.8, 4) is 5.75 Å². The number of methoxy groups -OCH3 is 1. The monoisotopic (exact) mass is 292 g/mol. The van der Waals surface area contributed by atoms with Gasteiger partial charge >= 0.3 is 0 Å². The van der Waals surface area contributed by atoms with E-state index in [-0.39, 0.29) is 11.3 Å². The first kappa shape index (κ1) is 17.3. The molecule has 4 heteroatoms. The highest BCUT2D eigenvalue weighted by molar-refractivity contribution is 5.99. The van der Waals surface area contributed by atoms with E-state index >= 15 is 0 Å². The predicted molar refractivity (Wildman–Crippen MR) is 87.7 cm³/mol. The molecule has 118 valence electrons. The normalized spacial score (nSPS) is 11.2. The Bertz CT molecular complexity index is 470. The van der Waals surface area contributed by atoms with E-state index < -0.39 is 0 Å². The number of anilines is 1. The minimum Gasteiger partial charge on any atom is -0.497 e. The molecule has 0 aromatic heterocycles. The van der Waals surface area contributed by atoms with Crippen LogP contribution in [0.5, 0.6) is 5.75 Å². The summed E-state index contributed by atoms with van der Waals surface area (Å²) in [4.78, 5) is 12.3. The third kappa shape index (κ3) is 5.66. The van der Waals surface area contributed by atoms with Crippen molar-refractivity contribution in [3.05, 3.63) is 23.8 Å². The molecule has 1 aromatic rings. The molecule has 1 aromatic carbocycles. The Labute approximate surface area is 128 Å². The second-order valence-corrected chi connectivity index (χ2v) is 6.26. The van der Waals surface area contributed by atoms with Crippen molar-refractivity contribution >= 4 is 11.6 Å². The lowest BCUT2D eigenvalue weighted by atomic mass is 9.87. The SMILES string of the molecule is CCCCCC(C)(C)CNC(=O)c1cc(OC)ccc1N. The summed E-state index contributed by atoms with van der Waals surface area (Å²) in [6.07, 6.45) is 4.75. The molecule has 1 amide bonds. The summed E-state index contributed by atoms with van der Waals surface area (Å²) in [6, 6.07) is 5.12. The number of hydrogen-bond donors (Lipinski definition) is 2. The van der Waals surface area contributed by atoms with Crippen LogP contribution in [0.2, 0.25) is 0 Å². The summed E-state index contributed by atoms with van der Waals surface area (Å²) in [5, 5.41) is 2.98. The van der Waals surface area contributed by atoms with Gasteiger partial charge < -0.3 is 15.8 Å². The average Bonchev–Trinajstić information content (AvgIpc) is 2.45. The van der Waals surface area contributed by atoms with Gasteiger partial charge in [0.25, 0.3) is 5.91 Å². The molecule has 0 spiro atoms. The number of ether oxygens (including phenoxy) is 1. The summed E-state index contributed by atoms with van der Waals surface area (Å²) >= 11 is 0. The summed E-state index contributed by atoms with van der Waals surface area (Å²) in [7, 11) is 1.57. The van der Waals surface area contributed by atoms with Crippen molar-refractivity contribution in [3.63, 3.8) is 0 Å². The van der Waals surface area contributed by atoms with Gasteiger partial charge in [0.05, 0.1) is 12.7 Å². The molecule has 21 heavy (non-hydrogen) atoms. The van der Waals surface area contributed by atoms with Crippen molar-refractivity contribution in [2.75, 3.05) is 19.4 Å². The molecule has 4 nitrogen and oxygen atoms in total. The van der Waals surface area contributed by atoms with Gasteiger partial charge in [0.2, 0.25) is 0 Å². The number of carbonyl (C=O) groups excluding carboxylic acids is 1. The third-order valence-corrected chi connectivity index (χ3v) is 3.69. The molecular formula is C17H28N2O2. The lowest BCUT2D eigenvalue weighted by molar-refractivity contribution is 0.0934. The molecular weight excluding hydrogens is 264 g/mol. The van der Waals surface area contributed by atoms with Crippen molar-refractivity contribution in [1.29, 1.82) is 0 Å². The van der Waals surface area contributed by atoms with Gasteiger partial charge in [-0.15, -0.1) is 0 Å². The first-order valence-corrected chi connectivity index (χ1v) is 7.61. The molecule has 0 saturated carbocycles. The van der Waals surface area contributed by atoms with Crippen molar-refractivity contribution < 1.29 is 9.53 Å². The Balaban J connectivity index is 2.61. The predicted octanol–water partition coefficient (Wildman–Crippen LogP) is 3.61. The van der Waals surface area contributed by atoms with E-state index in [0.29, 0.717) is 23.5 Å². The fourth-order valence-electron chi connectivity index (χ4n) is 2.22. The largest absolute Gasteiger partial charge is 0.497 e. The lowest BCUT2D eigenvalue weighted by Gasteiger charge is -2.25. The molecule has 0 saturated heterocycles. The van der Waals surface area contributed by atoms with Crippen molar-refractivity contribution in [2.24, 2.45) is 5.41 Å². The number of nitrogen functional groups attached to an aromatic ring is 1. The first-order chi connectivity index (χ1) is 9.89. The molecule has 0 radical (unpaired) electrons. The van der Waals surface area contributed by atoms with Gasteiger partial charge in [0, 0.05) is 12.2 Å². The van der Waals surface area contributed by atoms with Crippen LogP contribution in [-0.4, -0.2) is 19.6 Å². The van der Waals surface area contributed by atoms with Gasteiger partial charge in [0.1, 0.15) is 5.75 Å². The zero-order valence-corrected chi connectivity index (χ0v) is 13.7.